The molecular formula is C71H104FN12O15S2+. The molecule has 556 valence electrons. The van der Waals surface area contributed by atoms with Crippen molar-refractivity contribution < 1.29 is 80.8 Å². The highest BCUT2D eigenvalue weighted by atomic mass is 32.2. The maximum absolute atomic E-state index is 15.6. The second-order valence-corrected chi connectivity index (χ2v) is 25.7. The van der Waals surface area contributed by atoms with E-state index in [-0.39, 0.29) is 56.2 Å². The predicted octanol–water partition coefficient (Wildman–Crippen LogP) is 7.51. The van der Waals surface area contributed by atoms with Gasteiger partial charge in [0.25, 0.3) is 0 Å². The number of amides is 1. The Morgan fingerprint density at radius 1 is 0.762 bits per heavy atom. The molecule has 1 atom stereocenters. The molecule has 30 heteroatoms. The smallest absolute Gasteiger partial charge is 0.355 e. The summed E-state index contributed by atoms with van der Waals surface area (Å²) >= 11 is 2.94. The number of para-hydroxylation sites is 1. The van der Waals surface area contributed by atoms with E-state index in [1.807, 2.05) is 56.4 Å². The van der Waals surface area contributed by atoms with Crippen LogP contribution in [-0.2, 0) is 76.6 Å². The van der Waals surface area contributed by atoms with Gasteiger partial charge in [0, 0.05) is 52.6 Å². The Labute approximate surface area is 601 Å². The van der Waals surface area contributed by atoms with E-state index in [0.29, 0.717) is 200 Å². The fourth-order valence-electron chi connectivity index (χ4n) is 9.74. The van der Waals surface area contributed by atoms with Gasteiger partial charge in [0.15, 0.2) is 34.0 Å². The number of nitrogens with zero attached hydrogens (tertiary/aromatic N) is 5. The summed E-state index contributed by atoms with van der Waals surface area (Å²) in [6.07, 6.45) is 5.23. The van der Waals surface area contributed by atoms with Crippen molar-refractivity contribution in [3.05, 3.63) is 117 Å². The number of carboxylic acids is 2. The van der Waals surface area contributed by atoms with E-state index in [2.05, 4.69) is 84.7 Å². The number of anilines is 4. The average Bonchev–Trinajstić information content (AvgIpc) is 1.79. The fourth-order valence-corrected chi connectivity index (χ4v) is 11.7. The van der Waals surface area contributed by atoms with Crippen molar-refractivity contribution in [2.45, 2.75) is 71.1 Å². The highest BCUT2D eigenvalue weighted by Gasteiger charge is 2.22. The molecule has 5 rings (SSSR count). The zero-order valence-electron chi connectivity index (χ0n) is 59.3. The molecule has 3 aromatic carbocycles. The fraction of sp³-hybridized carbons (Fsp3) is 0.535. The number of rotatable bonds is 57. The molecule has 0 aliphatic rings. The number of nitrogens with one attached hydrogen (secondary N) is 6. The van der Waals surface area contributed by atoms with E-state index in [1.54, 1.807) is 32.4 Å². The molecule has 0 aliphatic carbocycles. The molecule has 0 spiro atoms. The topological polar surface area (TPSA) is 333 Å². The quantitative estimate of drug-likeness (QED) is 0.00598. The molecular weight excluding hydrogens is 1340 g/mol. The van der Waals surface area contributed by atoms with Crippen LogP contribution in [0, 0.1) is 24.6 Å². The van der Waals surface area contributed by atoms with Crippen molar-refractivity contribution in [3.8, 4) is 17.6 Å². The Morgan fingerprint density at radius 3 is 2.01 bits per heavy atom. The number of hydrogen-bond acceptors (Lipinski definition) is 25. The van der Waals surface area contributed by atoms with E-state index < -0.39 is 17.8 Å². The third-order valence-electron chi connectivity index (χ3n) is 15.0. The summed E-state index contributed by atoms with van der Waals surface area (Å²) in [4.78, 5) is 45.2. The highest BCUT2D eigenvalue weighted by molar-refractivity contribution is 8.03. The van der Waals surface area contributed by atoms with Crippen LogP contribution in [0.1, 0.15) is 66.3 Å². The van der Waals surface area contributed by atoms with Crippen LogP contribution in [0.25, 0.3) is 10.2 Å². The lowest BCUT2D eigenvalue weighted by atomic mass is 10.0. The molecule has 101 heavy (non-hydrogen) atoms. The van der Waals surface area contributed by atoms with Gasteiger partial charge in [-0.1, -0.05) is 35.5 Å². The Balaban J connectivity index is 1.00. The minimum absolute atomic E-state index is 0.0239. The molecule has 0 saturated heterocycles. The number of nitrogens with two attached hydrogens (primary N) is 1. The number of aromatic nitrogens is 3. The second kappa shape index (κ2) is 50.0. The third-order valence-corrected chi connectivity index (χ3v) is 17.2. The van der Waals surface area contributed by atoms with Crippen molar-refractivity contribution in [1.29, 1.82) is 0 Å². The van der Waals surface area contributed by atoms with E-state index in [0.717, 1.165) is 45.4 Å². The summed E-state index contributed by atoms with van der Waals surface area (Å²) in [5.41, 5.74) is 12.5. The van der Waals surface area contributed by atoms with Crippen LogP contribution in [0.2, 0.25) is 0 Å². The first-order chi connectivity index (χ1) is 49.0. The lowest BCUT2D eigenvalue weighted by Gasteiger charge is -2.28. The van der Waals surface area contributed by atoms with Crippen molar-refractivity contribution in [2.24, 2.45) is 10.7 Å². The largest absolute Gasteiger partial charge is 0.491 e. The van der Waals surface area contributed by atoms with Gasteiger partial charge < -0.3 is 99.7 Å². The van der Waals surface area contributed by atoms with Crippen LogP contribution in [-0.4, -0.2) is 240 Å². The lowest BCUT2D eigenvalue weighted by molar-refractivity contribution is -0.896. The molecule has 0 bridgehead atoms. The number of quaternary nitrogens is 1. The van der Waals surface area contributed by atoms with Crippen molar-refractivity contribution >= 4 is 80.3 Å². The SMILES string of the molecule is C=N/C(C(=O)O)=C(/CCCOc1ccc(C#CC[N+](C)(C)Cc2ccc(NC(=O)C(CCCNC)NC)cc2COC/C(N)=C/NCCOCCOCCOCCOCCOCCOCCOCCOCCC(=O)O)cc1F)SCCCc1c(NC)nnc(Nc2nc3ccccc3s2)c1C. The second-order valence-electron chi connectivity index (χ2n) is 23.5. The Hall–Kier alpha value is -7.45. The Kier molecular flexibility index (Phi) is 41.7. The number of carbonyl (C=O) groups is 3. The standard InChI is InChI=1S/C71H103FN12O15S2/c1-52-58(68(77-5)83-82-67(52)81-71-80-60-16-8-9-18-63(60)101-71)15-13-45-100-64(66(76-4)70(88)89)19-12-28-99-62-23-20-53(46-59(62)72)14-11-27-84(6,7)49-54-21-22-57(79-69(87)61(75-3)17-10-25-74-2)47-55(54)50-98-51-56(73)48-78-26-30-91-32-34-93-36-38-95-40-42-97-44-43-96-41-39-94-37-35-92-33-31-90-29-24-65(85)86/h8-9,16,18,20-23,46-48,61,74-75H,4,10,12-13,15,17,19,24-45,49-51H2,1-3,5-7H3,(H7-,73,77,78,79,80,81,82,83,85,86,87,88,89)/p+1/b66-64-. The van der Waals surface area contributed by atoms with Gasteiger partial charge >= 0.3 is 11.9 Å². The molecule has 0 saturated carbocycles. The molecule has 0 aliphatic heterocycles. The van der Waals surface area contributed by atoms with Gasteiger partial charge in [0.05, 0.1) is 168 Å². The van der Waals surface area contributed by atoms with Crippen LogP contribution >= 0.6 is 23.1 Å². The summed E-state index contributed by atoms with van der Waals surface area (Å²) in [6, 6.07) is 17.9. The third kappa shape index (κ3) is 34.4. The summed E-state index contributed by atoms with van der Waals surface area (Å²) in [6.45, 7) is 14.8. The Morgan fingerprint density at radius 2 is 1.41 bits per heavy atom. The molecule has 1 amide bonds. The van der Waals surface area contributed by atoms with Gasteiger partial charge in [-0.3, -0.25) is 14.6 Å². The number of ether oxygens (including phenoxy) is 10. The summed E-state index contributed by atoms with van der Waals surface area (Å²) in [7, 11) is 9.56. The summed E-state index contributed by atoms with van der Waals surface area (Å²) in [5, 5.41) is 47.1. The van der Waals surface area contributed by atoms with Gasteiger partial charge in [-0.25, -0.2) is 14.2 Å². The number of carbonyl (C=O) groups excluding carboxylic acids is 1. The van der Waals surface area contributed by atoms with Crippen LogP contribution in [0.15, 0.2) is 88.2 Å². The van der Waals surface area contributed by atoms with E-state index in [1.165, 1.54) is 29.2 Å². The zero-order chi connectivity index (χ0) is 72.7. The lowest BCUT2D eigenvalue weighted by Crippen LogP contribution is -2.39. The molecule has 10 N–H and O–H groups in total. The van der Waals surface area contributed by atoms with Gasteiger partial charge in [0.1, 0.15) is 13.1 Å². The van der Waals surface area contributed by atoms with Crippen molar-refractivity contribution in [3.63, 3.8) is 0 Å². The molecule has 2 aromatic heterocycles. The number of thiazole rings is 1. The number of likely N-dealkylation sites (N-methyl/N-ethyl adjacent to an activating group) is 1. The maximum atomic E-state index is 15.6. The number of allylic oxidation sites excluding steroid dienone is 1. The van der Waals surface area contributed by atoms with Crippen LogP contribution in [0.3, 0.4) is 0 Å². The van der Waals surface area contributed by atoms with Crippen LogP contribution in [0.4, 0.5) is 26.8 Å². The summed E-state index contributed by atoms with van der Waals surface area (Å²) < 4.78 is 72.9. The first-order valence-corrected chi connectivity index (χ1v) is 35.6. The van der Waals surface area contributed by atoms with Crippen molar-refractivity contribution in [2.75, 3.05) is 195 Å². The first kappa shape index (κ1) is 84.2. The number of benzene rings is 3. The minimum atomic E-state index is -1.18. The first-order valence-electron chi connectivity index (χ1n) is 33.8. The predicted molar refractivity (Wildman–Crippen MR) is 393 cm³/mol. The molecule has 5 aromatic rings. The maximum Gasteiger partial charge on any atom is 0.355 e. The normalized spacial score (nSPS) is 12.2. The average molecular weight is 1450 g/mol. The Bertz CT molecular complexity index is 3380. The van der Waals surface area contributed by atoms with E-state index in [9.17, 15) is 19.5 Å². The number of fused-ring (bicyclic) bond motifs is 1. The molecule has 0 radical (unpaired) electrons. The van der Waals surface area contributed by atoms with Crippen molar-refractivity contribution in [1.82, 2.24) is 31.1 Å². The van der Waals surface area contributed by atoms with Gasteiger partial charge in [-0.15, -0.1) is 22.0 Å². The zero-order valence-corrected chi connectivity index (χ0v) is 60.9. The van der Waals surface area contributed by atoms with Gasteiger partial charge in [-0.05, 0) is 133 Å². The van der Waals surface area contributed by atoms with Crippen LogP contribution < -0.4 is 42.4 Å². The number of aliphatic imine (C=N–C) groups is 1. The minimum Gasteiger partial charge on any atom is -0.491 e. The van der Waals surface area contributed by atoms with Gasteiger partial charge in [-0.2, -0.15) is 0 Å². The molecule has 2 heterocycles. The molecule has 27 nitrogen and oxygen atoms in total. The highest BCUT2D eigenvalue weighted by Crippen LogP contribution is 2.33. The monoisotopic (exact) mass is 1450 g/mol. The number of carboxylic acid groups (broad SMARTS) is 2. The van der Waals surface area contributed by atoms with Crippen LogP contribution in [0.5, 0.6) is 5.75 Å². The number of thioether (sulfide) groups is 1. The van der Waals surface area contributed by atoms with E-state index >= 15 is 4.39 Å². The van der Waals surface area contributed by atoms with Gasteiger partial charge in [0.2, 0.25) is 5.91 Å². The summed E-state index contributed by atoms with van der Waals surface area (Å²) in [5.74, 6) is 5.49. The number of hydrogen-bond donors (Lipinski definition) is 9. The molecule has 1 unspecified atom stereocenters. The number of halogens is 1. The van der Waals surface area contributed by atoms with E-state index in [4.69, 9.17) is 58.2 Å². The molecule has 0 fully saturated rings. The number of aliphatic carboxylic acids is 2.